The second kappa shape index (κ2) is 4.86. The van der Waals surface area contributed by atoms with Gasteiger partial charge in [-0.2, -0.15) is 0 Å². The minimum Gasteiger partial charge on any atom is -0.321 e. The molecule has 0 bridgehead atoms. The van der Waals surface area contributed by atoms with E-state index in [0.29, 0.717) is 6.42 Å². The molecule has 0 spiro atoms. The minimum absolute atomic E-state index is 0.231. The summed E-state index contributed by atoms with van der Waals surface area (Å²) in [5, 5.41) is 0. The smallest absolute Gasteiger partial charge is 0.123 e. The van der Waals surface area contributed by atoms with E-state index in [4.69, 9.17) is 5.73 Å². The molecule has 1 aromatic heterocycles. The van der Waals surface area contributed by atoms with E-state index >= 15 is 0 Å². The highest BCUT2D eigenvalue weighted by Crippen LogP contribution is 2.22. The average Bonchev–Trinajstić information content (AvgIpc) is 2.29. The van der Waals surface area contributed by atoms with E-state index in [-0.39, 0.29) is 5.82 Å². The number of halogens is 1. The Balaban J connectivity index is 2.23. The van der Waals surface area contributed by atoms with E-state index in [0.717, 1.165) is 16.8 Å². The van der Waals surface area contributed by atoms with E-state index in [1.54, 1.807) is 12.3 Å². The molecule has 1 atom stereocenters. The summed E-state index contributed by atoms with van der Waals surface area (Å²) in [6.07, 6.45) is 2.37. The third kappa shape index (κ3) is 2.93. The molecule has 2 rings (SSSR count). The van der Waals surface area contributed by atoms with Gasteiger partial charge in [-0.1, -0.05) is 18.2 Å². The van der Waals surface area contributed by atoms with E-state index in [1.807, 2.05) is 32.0 Å². The van der Waals surface area contributed by atoms with Crippen molar-refractivity contribution in [1.29, 1.82) is 0 Å². The first kappa shape index (κ1) is 12.7. The Morgan fingerprint density at radius 3 is 2.67 bits per heavy atom. The van der Waals surface area contributed by atoms with Gasteiger partial charge in [0.2, 0.25) is 0 Å². The highest BCUT2D eigenvalue weighted by molar-refractivity contribution is 5.26. The fourth-order valence-electron chi connectivity index (χ4n) is 1.98. The average molecular weight is 244 g/mol. The highest BCUT2D eigenvalue weighted by atomic mass is 19.1. The van der Waals surface area contributed by atoms with Crippen LogP contribution in [-0.4, -0.2) is 4.98 Å². The van der Waals surface area contributed by atoms with Gasteiger partial charge in [-0.25, -0.2) is 4.39 Å². The molecular weight excluding hydrogens is 227 g/mol. The van der Waals surface area contributed by atoms with Crippen molar-refractivity contribution in [1.82, 2.24) is 4.98 Å². The van der Waals surface area contributed by atoms with E-state index < -0.39 is 5.54 Å². The largest absolute Gasteiger partial charge is 0.321 e. The number of rotatable bonds is 3. The van der Waals surface area contributed by atoms with Crippen molar-refractivity contribution in [3.05, 3.63) is 65.2 Å². The quantitative estimate of drug-likeness (QED) is 0.901. The SMILES string of the molecule is Cc1ccc(C(C)(N)Cc2cccc(F)c2)cn1. The Hall–Kier alpha value is -1.74. The fraction of sp³-hybridized carbons (Fsp3) is 0.267. The Morgan fingerprint density at radius 1 is 1.28 bits per heavy atom. The molecule has 1 heterocycles. The van der Waals surface area contributed by atoms with E-state index in [2.05, 4.69) is 4.98 Å². The molecule has 1 aromatic carbocycles. The van der Waals surface area contributed by atoms with Crippen LogP contribution in [0.15, 0.2) is 42.6 Å². The van der Waals surface area contributed by atoms with Crippen LogP contribution in [0.1, 0.15) is 23.7 Å². The molecular formula is C15H17FN2. The van der Waals surface area contributed by atoms with Crippen molar-refractivity contribution in [2.24, 2.45) is 5.73 Å². The van der Waals surface area contributed by atoms with Gasteiger partial charge in [0.25, 0.3) is 0 Å². The Kier molecular flexibility index (Phi) is 3.43. The molecule has 1 unspecified atom stereocenters. The molecule has 0 fully saturated rings. The van der Waals surface area contributed by atoms with Crippen LogP contribution >= 0.6 is 0 Å². The van der Waals surface area contributed by atoms with Crippen molar-refractivity contribution in [3.63, 3.8) is 0 Å². The molecule has 0 aliphatic carbocycles. The molecule has 0 amide bonds. The van der Waals surface area contributed by atoms with Crippen molar-refractivity contribution < 1.29 is 4.39 Å². The zero-order valence-corrected chi connectivity index (χ0v) is 10.7. The molecule has 2 nitrogen and oxygen atoms in total. The molecule has 18 heavy (non-hydrogen) atoms. The Bertz CT molecular complexity index is 532. The lowest BCUT2D eigenvalue weighted by molar-refractivity contribution is 0.487. The fourth-order valence-corrected chi connectivity index (χ4v) is 1.98. The highest BCUT2D eigenvalue weighted by Gasteiger charge is 2.22. The molecule has 0 radical (unpaired) electrons. The lowest BCUT2D eigenvalue weighted by Crippen LogP contribution is -2.35. The summed E-state index contributed by atoms with van der Waals surface area (Å²) >= 11 is 0. The predicted octanol–water partition coefficient (Wildman–Crippen LogP) is 2.95. The van der Waals surface area contributed by atoms with Gasteiger partial charge < -0.3 is 5.73 Å². The standard InChI is InChI=1S/C15H17FN2/c1-11-6-7-13(10-18-11)15(2,17)9-12-4-3-5-14(16)8-12/h3-8,10H,9,17H2,1-2H3. The van der Waals surface area contributed by atoms with E-state index in [1.165, 1.54) is 12.1 Å². The van der Waals surface area contributed by atoms with Gasteiger partial charge in [0.05, 0.1) is 0 Å². The van der Waals surface area contributed by atoms with Gasteiger partial charge in [0.1, 0.15) is 5.82 Å². The van der Waals surface area contributed by atoms with Crippen LogP contribution in [0.5, 0.6) is 0 Å². The summed E-state index contributed by atoms with van der Waals surface area (Å²) in [5.41, 5.74) is 8.56. The normalized spacial score (nSPS) is 14.2. The molecule has 94 valence electrons. The van der Waals surface area contributed by atoms with Gasteiger partial charge in [-0.05, 0) is 49.6 Å². The first-order valence-corrected chi connectivity index (χ1v) is 5.94. The maximum Gasteiger partial charge on any atom is 0.123 e. The van der Waals surface area contributed by atoms with Crippen LogP contribution < -0.4 is 5.73 Å². The maximum absolute atomic E-state index is 13.1. The number of benzene rings is 1. The maximum atomic E-state index is 13.1. The van der Waals surface area contributed by atoms with Crippen molar-refractivity contribution in [3.8, 4) is 0 Å². The number of hydrogen-bond acceptors (Lipinski definition) is 2. The van der Waals surface area contributed by atoms with Crippen LogP contribution in [0.4, 0.5) is 4.39 Å². The first-order chi connectivity index (χ1) is 8.47. The topological polar surface area (TPSA) is 38.9 Å². The summed E-state index contributed by atoms with van der Waals surface area (Å²) < 4.78 is 13.1. The summed E-state index contributed by atoms with van der Waals surface area (Å²) in [7, 11) is 0. The van der Waals surface area contributed by atoms with Crippen molar-refractivity contribution >= 4 is 0 Å². The summed E-state index contributed by atoms with van der Waals surface area (Å²) in [4.78, 5) is 4.25. The van der Waals surface area contributed by atoms with Gasteiger partial charge in [-0.15, -0.1) is 0 Å². The molecule has 0 saturated carbocycles. The van der Waals surface area contributed by atoms with Crippen LogP contribution in [0.2, 0.25) is 0 Å². The molecule has 0 aliphatic heterocycles. The second-order valence-electron chi connectivity index (χ2n) is 4.91. The Labute approximate surface area is 107 Å². The van der Waals surface area contributed by atoms with Gasteiger partial charge in [-0.3, -0.25) is 4.98 Å². The van der Waals surface area contributed by atoms with Gasteiger partial charge in [0, 0.05) is 17.4 Å². The summed E-state index contributed by atoms with van der Waals surface area (Å²) in [5.74, 6) is -0.231. The van der Waals surface area contributed by atoms with Crippen LogP contribution in [-0.2, 0) is 12.0 Å². The number of hydrogen-bond donors (Lipinski definition) is 1. The third-order valence-electron chi connectivity index (χ3n) is 3.03. The lowest BCUT2D eigenvalue weighted by Gasteiger charge is -2.25. The first-order valence-electron chi connectivity index (χ1n) is 5.94. The second-order valence-corrected chi connectivity index (χ2v) is 4.91. The van der Waals surface area contributed by atoms with E-state index in [9.17, 15) is 4.39 Å². The number of nitrogens with zero attached hydrogens (tertiary/aromatic N) is 1. The lowest BCUT2D eigenvalue weighted by atomic mass is 9.87. The van der Waals surface area contributed by atoms with Crippen molar-refractivity contribution in [2.45, 2.75) is 25.8 Å². The monoisotopic (exact) mass is 244 g/mol. The zero-order valence-electron chi connectivity index (χ0n) is 10.7. The number of nitrogens with two attached hydrogens (primary N) is 1. The molecule has 2 aromatic rings. The van der Waals surface area contributed by atoms with Crippen molar-refractivity contribution in [2.75, 3.05) is 0 Å². The predicted molar refractivity (Wildman–Crippen MR) is 70.6 cm³/mol. The number of pyridine rings is 1. The van der Waals surface area contributed by atoms with Crippen LogP contribution in [0.3, 0.4) is 0 Å². The van der Waals surface area contributed by atoms with Gasteiger partial charge >= 0.3 is 0 Å². The zero-order chi connectivity index (χ0) is 13.2. The molecule has 3 heteroatoms. The number of aryl methyl sites for hydroxylation is 1. The number of aromatic nitrogens is 1. The summed E-state index contributed by atoms with van der Waals surface area (Å²) in [6.45, 7) is 3.87. The minimum atomic E-state index is -0.547. The summed E-state index contributed by atoms with van der Waals surface area (Å²) in [6, 6.07) is 10.5. The molecule has 0 aliphatic rings. The van der Waals surface area contributed by atoms with Gasteiger partial charge in [0.15, 0.2) is 0 Å². The third-order valence-corrected chi connectivity index (χ3v) is 3.03. The van der Waals surface area contributed by atoms with Crippen LogP contribution in [0.25, 0.3) is 0 Å². The molecule has 2 N–H and O–H groups in total. The molecule has 0 saturated heterocycles. The van der Waals surface area contributed by atoms with Crippen LogP contribution in [0, 0.1) is 12.7 Å². The Morgan fingerprint density at radius 2 is 2.06 bits per heavy atom.